The number of carbonyl (C=O) groups excluding carboxylic acids is 1. The summed E-state index contributed by atoms with van der Waals surface area (Å²) < 4.78 is 0. The molecule has 234 valence electrons. The van der Waals surface area contributed by atoms with Crippen molar-refractivity contribution in [1.82, 2.24) is 4.90 Å². The normalized spacial score (nSPS) is 43.2. The van der Waals surface area contributed by atoms with Gasteiger partial charge in [0.15, 0.2) is 0 Å². The van der Waals surface area contributed by atoms with Crippen molar-refractivity contribution in [2.75, 3.05) is 13.2 Å². The molecule has 1 aromatic carbocycles. The van der Waals surface area contributed by atoms with E-state index in [4.69, 9.17) is 0 Å². The number of rotatable bonds is 4. The summed E-state index contributed by atoms with van der Waals surface area (Å²) in [5.74, 6) is 2.69. The van der Waals surface area contributed by atoms with Crippen molar-refractivity contribution in [2.24, 2.45) is 51.2 Å². The van der Waals surface area contributed by atoms with Gasteiger partial charge in [-0.3, -0.25) is 4.79 Å². The van der Waals surface area contributed by atoms with Crippen LogP contribution >= 0.6 is 0 Å². The van der Waals surface area contributed by atoms with Crippen LogP contribution in [0.25, 0.3) is 5.57 Å². The van der Waals surface area contributed by atoms with Gasteiger partial charge in [0.1, 0.15) is 0 Å². The first-order valence-corrected chi connectivity index (χ1v) is 17.4. The van der Waals surface area contributed by atoms with Crippen molar-refractivity contribution in [2.45, 2.75) is 111 Å². The zero-order valence-electron chi connectivity index (χ0n) is 26.9. The molecule has 0 aromatic heterocycles. The molecule has 1 aliphatic heterocycles. The Labute approximate surface area is 258 Å². The summed E-state index contributed by atoms with van der Waals surface area (Å²) >= 11 is 0. The number of benzene rings is 1. The van der Waals surface area contributed by atoms with E-state index in [9.17, 15) is 19.8 Å². The first-order valence-electron chi connectivity index (χ1n) is 17.4. The van der Waals surface area contributed by atoms with E-state index in [0.29, 0.717) is 46.5 Å². The number of fused-ring (bicyclic) bond motifs is 7. The van der Waals surface area contributed by atoms with Gasteiger partial charge in [-0.1, -0.05) is 52.3 Å². The van der Waals surface area contributed by atoms with Crippen LogP contribution in [0, 0.1) is 51.2 Å². The summed E-state index contributed by atoms with van der Waals surface area (Å²) in [5, 5.41) is 19.4. The number of hydrogen-bond acceptors (Lipinski definition) is 3. The van der Waals surface area contributed by atoms with Gasteiger partial charge in [0, 0.05) is 6.54 Å². The van der Waals surface area contributed by atoms with Crippen molar-refractivity contribution in [3.8, 4) is 0 Å². The van der Waals surface area contributed by atoms with E-state index in [-0.39, 0.29) is 28.9 Å². The molecule has 6 aliphatic rings. The number of carbonyl (C=O) groups is 2. The lowest BCUT2D eigenvalue weighted by atomic mass is 9.36. The summed E-state index contributed by atoms with van der Waals surface area (Å²) in [4.78, 5) is 27.9. The van der Waals surface area contributed by atoms with E-state index in [1.807, 2.05) is 12.1 Å². The largest absolute Gasteiger partial charge is 0.478 e. The Balaban J connectivity index is 1.16. The molecule has 0 spiro atoms. The maximum atomic E-state index is 14.3. The van der Waals surface area contributed by atoms with Gasteiger partial charge < -0.3 is 15.1 Å². The van der Waals surface area contributed by atoms with Gasteiger partial charge in [0.25, 0.3) is 0 Å². The molecule has 0 radical (unpaired) electrons. The summed E-state index contributed by atoms with van der Waals surface area (Å²) in [6.07, 6.45) is 16.4. The molecule has 5 heteroatoms. The minimum Gasteiger partial charge on any atom is -0.478 e. The Kier molecular flexibility index (Phi) is 7.01. The summed E-state index contributed by atoms with van der Waals surface area (Å²) in [6.45, 7) is 11.1. The van der Waals surface area contributed by atoms with Gasteiger partial charge in [-0.2, -0.15) is 0 Å². The number of nitrogens with zero attached hydrogens (tertiary/aromatic N) is 1. The Morgan fingerprint density at radius 2 is 1.60 bits per heavy atom. The first kappa shape index (κ1) is 29.6. The minimum atomic E-state index is -0.870. The third-order valence-corrected chi connectivity index (χ3v) is 14.8. The predicted molar refractivity (Wildman–Crippen MR) is 169 cm³/mol. The number of hydrogen-bond donors (Lipinski definition) is 2. The van der Waals surface area contributed by atoms with Crippen LogP contribution in [0.1, 0.15) is 121 Å². The van der Waals surface area contributed by atoms with Crippen molar-refractivity contribution < 1.29 is 19.8 Å². The number of amides is 1. The van der Waals surface area contributed by atoms with Crippen LogP contribution in [0.5, 0.6) is 0 Å². The van der Waals surface area contributed by atoms with Gasteiger partial charge in [-0.15, -0.1) is 0 Å². The Hall–Kier alpha value is -2.14. The van der Waals surface area contributed by atoms with E-state index in [0.717, 1.165) is 38.6 Å². The second-order valence-electron chi connectivity index (χ2n) is 16.6. The van der Waals surface area contributed by atoms with Crippen LogP contribution in [-0.4, -0.2) is 46.2 Å². The number of carboxylic acid groups (broad SMARTS) is 1. The predicted octanol–water partition coefficient (Wildman–Crippen LogP) is 7.83. The van der Waals surface area contributed by atoms with Gasteiger partial charge in [-0.25, -0.2) is 4.79 Å². The van der Waals surface area contributed by atoms with Crippen molar-refractivity contribution in [3.05, 3.63) is 41.5 Å². The van der Waals surface area contributed by atoms with E-state index < -0.39 is 5.97 Å². The third kappa shape index (κ3) is 4.11. The van der Waals surface area contributed by atoms with Crippen molar-refractivity contribution in [1.29, 1.82) is 0 Å². The third-order valence-electron chi connectivity index (χ3n) is 14.8. The summed E-state index contributed by atoms with van der Waals surface area (Å²) in [7, 11) is 0. The lowest BCUT2D eigenvalue weighted by molar-refractivity contribution is -0.185. The lowest BCUT2D eigenvalue weighted by Gasteiger charge is -2.68. The standard InChI is InChI=1S/C38H53NO4/c1-35(2)28(24-9-11-25(12-10-24)33(41)42)15-19-37(4)31(35)17-20-36(3)29-16-21-38(34(43)39-22-6-7-26(39)23-40)18-5-8-30(38)27(29)13-14-32(36)37/h9-12,15,26-27,29-32,40H,5-8,13-14,16-23H2,1-4H3,(H,41,42)/t26-,27+,29?,30?,31?,32?,36+,37+,38+/m1/s1. The van der Waals surface area contributed by atoms with Gasteiger partial charge in [0.05, 0.1) is 23.6 Å². The molecule has 43 heavy (non-hydrogen) atoms. The zero-order chi connectivity index (χ0) is 30.4. The van der Waals surface area contributed by atoms with Gasteiger partial charge >= 0.3 is 5.97 Å². The molecule has 4 saturated carbocycles. The Morgan fingerprint density at radius 1 is 0.837 bits per heavy atom. The van der Waals surface area contributed by atoms with E-state index >= 15 is 0 Å². The smallest absolute Gasteiger partial charge is 0.335 e. The fourth-order valence-electron chi connectivity index (χ4n) is 13.1. The second kappa shape index (κ2) is 10.2. The molecule has 1 heterocycles. The topological polar surface area (TPSA) is 77.8 Å². The monoisotopic (exact) mass is 587 g/mol. The van der Waals surface area contributed by atoms with Crippen LogP contribution in [0.4, 0.5) is 0 Å². The highest BCUT2D eigenvalue weighted by Crippen LogP contribution is 2.73. The highest BCUT2D eigenvalue weighted by Gasteiger charge is 2.66. The van der Waals surface area contributed by atoms with Crippen LogP contribution in [0.3, 0.4) is 0 Å². The molecule has 1 aromatic rings. The fourth-order valence-corrected chi connectivity index (χ4v) is 13.1. The molecule has 9 atom stereocenters. The number of aromatic carboxylic acids is 1. The Morgan fingerprint density at radius 3 is 2.33 bits per heavy atom. The van der Waals surface area contributed by atoms with E-state index in [1.165, 1.54) is 56.1 Å². The van der Waals surface area contributed by atoms with Gasteiger partial charge in [0.2, 0.25) is 5.91 Å². The lowest BCUT2D eigenvalue weighted by Crippen LogP contribution is -2.62. The molecule has 4 unspecified atom stereocenters. The first-order chi connectivity index (χ1) is 20.5. The molecule has 1 amide bonds. The molecular weight excluding hydrogens is 534 g/mol. The van der Waals surface area contributed by atoms with Crippen LogP contribution in [-0.2, 0) is 4.79 Å². The number of aliphatic hydroxyl groups is 1. The van der Waals surface area contributed by atoms with Crippen LogP contribution < -0.4 is 0 Å². The van der Waals surface area contributed by atoms with E-state index in [2.05, 4.69) is 38.7 Å². The number of allylic oxidation sites excluding steroid dienone is 2. The average molecular weight is 588 g/mol. The Bertz CT molecular complexity index is 1320. The van der Waals surface area contributed by atoms with Crippen molar-refractivity contribution in [3.63, 3.8) is 0 Å². The highest BCUT2D eigenvalue weighted by molar-refractivity contribution is 5.88. The van der Waals surface area contributed by atoms with Crippen molar-refractivity contribution >= 4 is 17.4 Å². The molecule has 7 rings (SSSR count). The molecular formula is C38H53NO4. The van der Waals surface area contributed by atoms with Crippen LogP contribution in [0.15, 0.2) is 30.3 Å². The summed E-state index contributed by atoms with van der Waals surface area (Å²) in [6, 6.07) is 7.57. The second-order valence-corrected chi connectivity index (χ2v) is 16.6. The molecule has 1 saturated heterocycles. The van der Waals surface area contributed by atoms with Crippen LogP contribution in [0.2, 0.25) is 0 Å². The maximum Gasteiger partial charge on any atom is 0.335 e. The summed E-state index contributed by atoms with van der Waals surface area (Å²) in [5.41, 5.74) is 3.32. The van der Waals surface area contributed by atoms with Gasteiger partial charge in [-0.05, 0) is 140 Å². The number of aliphatic hydroxyl groups excluding tert-OH is 1. The SMILES string of the molecule is CC1(C)C(c2ccc(C(=O)O)cc2)=CC[C@@]2(C)C1CC[C@@]1(C)C3CC[C@@]4(C(=O)N5CCC[C@@H]5CO)CCCC4[C@H]3CCC12. The average Bonchev–Trinajstić information content (AvgIpc) is 3.64. The maximum absolute atomic E-state index is 14.3. The molecule has 2 N–H and O–H groups in total. The van der Waals surface area contributed by atoms with E-state index in [1.54, 1.807) is 12.1 Å². The number of carboxylic acids is 1. The highest BCUT2D eigenvalue weighted by atomic mass is 16.4. The fraction of sp³-hybridized carbons (Fsp3) is 0.737. The number of likely N-dealkylation sites (tertiary alicyclic amines) is 1. The minimum absolute atomic E-state index is 0.0223. The quantitative estimate of drug-likeness (QED) is 0.376. The molecule has 0 bridgehead atoms. The molecule has 5 aliphatic carbocycles. The zero-order valence-corrected chi connectivity index (χ0v) is 26.9. The molecule has 5 fully saturated rings. The molecule has 5 nitrogen and oxygen atoms in total.